The molecule has 0 saturated carbocycles. The van der Waals surface area contributed by atoms with Crippen LogP contribution in [0.5, 0.6) is 0 Å². The fourth-order valence-electron chi connectivity index (χ4n) is 4.52. The normalized spacial score (nSPS) is 15.4. The molecule has 2 aliphatic heterocycles. The second kappa shape index (κ2) is 6.10. The van der Waals surface area contributed by atoms with Gasteiger partial charge in [-0.2, -0.15) is 0 Å². The maximum absolute atomic E-state index is 13.5. The second-order valence-electron chi connectivity index (χ2n) is 7.62. The smallest absolute Gasteiger partial charge is 0.266 e. The maximum atomic E-state index is 13.5. The summed E-state index contributed by atoms with van der Waals surface area (Å²) in [4.78, 5) is 54.6. The highest BCUT2D eigenvalue weighted by Gasteiger charge is 2.40. The molecule has 0 saturated heterocycles. The Bertz CT molecular complexity index is 1270. The van der Waals surface area contributed by atoms with E-state index in [9.17, 15) is 19.2 Å². The number of nitrogens with zero attached hydrogens (tertiary/aromatic N) is 2. The molecule has 0 N–H and O–H groups in total. The molecule has 0 radical (unpaired) electrons. The Kier molecular flexibility index (Phi) is 3.71. The average Bonchev–Trinajstić information content (AvgIpc) is 2.75. The van der Waals surface area contributed by atoms with Crippen LogP contribution in [-0.2, 0) is 6.42 Å². The summed E-state index contributed by atoms with van der Waals surface area (Å²) in [6, 6.07) is 12.0. The summed E-state index contributed by atoms with van der Waals surface area (Å²) in [6.45, 7) is 3.85. The average molecular weight is 398 g/mol. The molecule has 2 aliphatic rings. The minimum Gasteiger partial charge on any atom is -0.277 e. The number of amides is 4. The predicted molar refractivity (Wildman–Crippen MR) is 112 cm³/mol. The molecule has 0 aromatic heterocycles. The van der Waals surface area contributed by atoms with Crippen LogP contribution >= 0.6 is 0 Å². The summed E-state index contributed by atoms with van der Waals surface area (Å²) in [7, 11) is 1.43. The van der Waals surface area contributed by atoms with Gasteiger partial charge in [-0.05, 0) is 48.7 Å². The molecule has 0 unspecified atom stereocenters. The molecule has 0 aliphatic carbocycles. The highest BCUT2D eigenvalue weighted by molar-refractivity contribution is 6.39. The van der Waals surface area contributed by atoms with Gasteiger partial charge in [0.15, 0.2) is 0 Å². The lowest BCUT2D eigenvalue weighted by Gasteiger charge is -2.32. The van der Waals surface area contributed by atoms with E-state index in [2.05, 4.69) is 0 Å². The Morgan fingerprint density at radius 2 is 1.17 bits per heavy atom. The van der Waals surface area contributed by atoms with Crippen molar-refractivity contribution in [1.29, 1.82) is 0 Å². The standard InChI is InChI=1S/C24H18N2O4/c1-4-13-7-5-6-12(2)20(13)26-23(29)16-10-8-14-18-15(22(28)25(3)21(14)27)9-11-17(19(16)18)24(26)30/h5-11H,4H2,1-3H3. The second-order valence-corrected chi connectivity index (χ2v) is 7.62. The summed E-state index contributed by atoms with van der Waals surface area (Å²) in [5, 5.41) is 0.776. The van der Waals surface area contributed by atoms with Crippen LogP contribution in [0, 0.1) is 6.92 Å². The fourth-order valence-corrected chi connectivity index (χ4v) is 4.52. The van der Waals surface area contributed by atoms with Gasteiger partial charge in [-0.15, -0.1) is 0 Å². The van der Waals surface area contributed by atoms with Crippen LogP contribution in [-0.4, -0.2) is 35.6 Å². The monoisotopic (exact) mass is 398 g/mol. The SMILES string of the molecule is CCc1cccc(C)c1N1C(=O)c2ccc3c4c(ccc(c24)C1=O)C(=O)N(C)C3=O. The molecule has 0 fully saturated rings. The number of anilines is 1. The molecular weight excluding hydrogens is 380 g/mol. The quantitative estimate of drug-likeness (QED) is 0.617. The van der Waals surface area contributed by atoms with Crippen molar-refractivity contribution in [3.05, 3.63) is 75.8 Å². The zero-order valence-electron chi connectivity index (χ0n) is 16.8. The van der Waals surface area contributed by atoms with E-state index < -0.39 is 23.6 Å². The van der Waals surface area contributed by atoms with Crippen molar-refractivity contribution in [2.45, 2.75) is 20.3 Å². The van der Waals surface area contributed by atoms with Gasteiger partial charge in [-0.25, -0.2) is 4.90 Å². The van der Waals surface area contributed by atoms with Crippen LogP contribution in [0.1, 0.15) is 59.5 Å². The molecule has 0 spiro atoms. The van der Waals surface area contributed by atoms with Crippen molar-refractivity contribution in [3.8, 4) is 0 Å². The molecule has 6 heteroatoms. The van der Waals surface area contributed by atoms with Crippen molar-refractivity contribution in [1.82, 2.24) is 4.90 Å². The Morgan fingerprint density at radius 1 is 0.700 bits per heavy atom. The lowest BCUT2D eigenvalue weighted by atomic mass is 9.85. The Hall–Kier alpha value is -3.80. The van der Waals surface area contributed by atoms with Gasteiger partial charge in [0.1, 0.15) is 0 Å². The Balaban J connectivity index is 1.83. The van der Waals surface area contributed by atoms with Crippen LogP contribution in [0.4, 0.5) is 5.69 Å². The van der Waals surface area contributed by atoms with Crippen LogP contribution in [0.3, 0.4) is 0 Å². The van der Waals surface area contributed by atoms with E-state index in [1.165, 1.54) is 11.9 Å². The van der Waals surface area contributed by atoms with Crippen molar-refractivity contribution < 1.29 is 19.2 Å². The van der Waals surface area contributed by atoms with E-state index in [0.717, 1.165) is 16.0 Å². The van der Waals surface area contributed by atoms with Crippen molar-refractivity contribution in [3.63, 3.8) is 0 Å². The molecule has 6 nitrogen and oxygen atoms in total. The van der Waals surface area contributed by atoms with Gasteiger partial charge >= 0.3 is 0 Å². The zero-order chi connectivity index (χ0) is 21.3. The number of imide groups is 2. The van der Waals surface area contributed by atoms with E-state index >= 15 is 0 Å². The third-order valence-electron chi connectivity index (χ3n) is 6.02. The molecule has 30 heavy (non-hydrogen) atoms. The van der Waals surface area contributed by atoms with Crippen LogP contribution in [0.15, 0.2) is 42.5 Å². The fraction of sp³-hybridized carbons (Fsp3) is 0.167. The molecule has 4 amide bonds. The Morgan fingerprint density at radius 3 is 1.63 bits per heavy atom. The molecular formula is C24H18N2O4. The highest BCUT2D eigenvalue weighted by atomic mass is 16.2. The van der Waals surface area contributed by atoms with E-state index in [-0.39, 0.29) is 0 Å². The number of para-hydroxylation sites is 1. The van der Waals surface area contributed by atoms with Gasteiger partial charge in [-0.3, -0.25) is 24.1 Å². The summed E-state index contributed by atoms with van der Waals surface area (Å²) < 4.78 is 0. The van der Waals surface area contributed by atoms with E-state index in [0.29, 0.717) is 45.1 Å². The first-order valence-corrected chi connectivity index (χ1v) is 9.76. The number of benzene rings is 3. The number of aryl methyl sites for hydroxylation is 2. The third-order valence-corrected chi connectivity index (χ3v) is 6.02. The van der Waals surface area contributed by atoms with Gasteiger partial charge < -0.3 is 0 Å². The maximum Gasteiger partial charge on any atom is 0.266 e. The number of carbonyl (C=O) groups is 4. The number of hydrogen-bond acceptors (Lipinski definition) is 4. The lowest BCUT2D eigenvalue weighted by molar-refractivity contribution is 0.0649. The summed E-state index contributed by atoms with van der Waals surface area (Å²) in [5.74, 6) is -1.77. The molecule has 3 aromatic carbocycles. The number of carbonyl (C=O) groups excluding carboxylic acids is 4. The van der Waals surface area contributed by atoms with Crippen LogP contribution in [0.2, 0.25) is 0 Å². The van der Waals surface area contributed by atoms with E-state index in [4.69, 9.17) is 0 Å². The van der Waals surface area contributed by atoms with Crippen LogP contribution < -0.4 is 4.90 Å². The molecule has 148 valence electrons. The number of rotatable bonds is 2. The van der Waals surface area contributed by atoms with Gasteiger partial charge in [0.05, 0.1) is 5.69 Å². The van der Waals surface area contributed by atoms with Crippen molar-refractivity contribution in [2.24, 2.45) is 0 Å². The zero-order valence-corrected chi connectivity index (χ0v) is 16.8. The summed E-state index contributed by atoms with van der Waals surface area (Å²) in [6.07, 6.45) is 0.670. The minimum atomic E-state index is -0.445. The minimum absolute atomic E-state index is 0.320. The first-order valence-electron chi connectivity index (χ1n) is 9.76. The van der Waals surface area contributed by atoms with Gasteiger partial charge in [-0.1, -0.05) is 25.1 Å². The molecule has 0 bridgehead atoms. The summed E-state index contributed by atoms with van der Waals surface area (Å²) >= 11 is 0. The molecule has 5 rings (SSSR count). The first kappa shape index (κ1) is 18.2. The van der Waals surface area contributed by atoms with Crippen molar-refractivity contribution in [2.75, 3.05) is 11.9 Å². The third kappa shape index (κ3) is 2.13. The topological polar surface area (TPSA) is 74.8 Å². The highest BCUT2D eigenvalue weighted by Crippen LogP contribution is 2.40. The Labute approximate surface area is 172 Å². The van der Waals surface area contributed by atoms with E-state index in [1.54, 1.807) is 24.3 Å². The lowest BCUT2D eigenvalue weighted by Crippen LogP contribution is -2.43. The van der Waals surface area contributed by atoms with Crippen LogP contribution in [0.25, 0.3) is 10.8 Å². The van der Waals surface area contributed by atoms with Gasteiger partial charge in [0, 0.05) is 40.1 Å². The van der Waals surface area contributed by atoms with Crippen molar-refractivity contribution >= 4 is 40.1 Å². The van der Waals surface area contributed by atoms with E-state index in [1.807, 2.05) is 32.0 Å². The van der Waals surface area contributed by atoms with Gasteiger partial charge in [0.25, 0.3) is 23.6 Å². The number of hydrogen-bond donors (Lipinski definition) is 0. The predicted octanol–water partition coefficient (Wildman–Crippen LogP) is 3.74. The largest absolute Gasteiger partial charge is 0.277 e. The molecule has 2 heterocycles. The molecule has 0 atom stereocenters. The summed E-state index contributed by atoms with van der Waals surface area (Å²) in [5.41, 5.74) is 3.62. The first-order chi connectivity index (χ1) is 14.4. The van der Waals surface area contributed by atoms with Gasteiger partial charge in [0.2, 0.25) is 0 Å². The molecule has 3 aromatic rings.